The summed E-state index contributed by atoms with van der Waals surface area (Å²) in [4.78, 5) is 25.5. The molecular formula is C28H38F2N6O4S. The Morgan fingerprint density at radius 1 is 1.10 bits per heavy atom. The van der Waals surface area contributed by atoms with Gasteiger partial charge in [-0.15, -0.1) is 0 Å². The number of ether oxygens (including phenoxy) is 1. The number of benzene rings is 1. The van der Waals surface area contributed by atoms with Gasteiger partial charge in [0.05, 0.1) is 16.5 Å². The second-order valence-corrected chi connectivity index (χ2v) is 15.3. The molecule has 4 heterocycles. The maximum Gasteiger partial charge on any atom is 0.410 e. The average Bonchev–Trinajstić information content (AvgIpc) is 3.65. The number of carbonyl (C=O) groups excluding carboxylic acids is 1. The minimum Gasteiger partial charge on any atom is -0.444 e. The molecule has 13 heteroatoms. The fourth-order valence-corrected chi connectivity index (χ4v) is 8.08. The standard InChI is InChI=1S/C28H38F2N6O4S/c1-27(2,3)40-26(37)34-11-8-28(15-34)16-35(17-28)22-13-18(24(29)30)12-19-14-31-25(33-23(19)22)32-20-6-9-36(10-7-20)41(38,39)21-4-5-21/h12-14,20-21,24H,4-11,15-17H2,1-3H3,(H,31,32,33). The predicted octanol–water partition coefficient (Wildman–Crippen LogP) is 4.38. The lowest BCUT2D eigenvalue weighted by Crippen LogP contribution is -2.58. The van der Waals surface area contributed by atoms with Crippen molar-refractivity contribution in [2.45, 2.75) is 76.2 Å². The van der Waals surface area contributed by atoms with Gasteiger partial charge in [0, 0.05) is 67.9 Å². The van der Waals surface area contributed by atoms with E-state index < -0.39 is 22.0 Å². The van der Waals surface area contributed by atoms with Gasteiger partial charge in [-0.2, -0.15) is 0 Å². The number of nitrogens with zero attached hydrogens (tertiary/aromatic N) is 5. The van der Waals surface area contributed by atoms with Gasteiger partial charge in [0.25, 0.3) is 6.43 Å². The highest BCUT2D eigenvalue weighted by Crippen LogP contribution is 2.44. The maximum atomic E-state index is 13.8. The minimum absolute atomic E-state index is 0.0199. The minimum atomic E-state index is -3.18. The van der Waals surface area contributed by atoms with Crippen LogP contribution in [0.2, 0.25) is 0 Å². The third kappa shape index (κ3) is 5.79. The first kappa shape index (κ1) is 28.3. The smallest absolute Gasteiger partial charge is 0.410 e. The first-order chi connectivity index (χ1) is 19.3. The molecule has 4 aliphatic rings. The number of rotatable bonds is 6. The molecule has 41 heavy (non-hydrogen) atoms. The normalized spacial score (nSPS) is 22.0. The van der Waals surface area contributed by atoms with Crippen molar-refractivity contribution in [2.24, 2.45) is 5.41 Å². The van der Waals surface area contributed by atoms with Crippen LogP contribution in [-0.4, -0.2) is 89.8 Å². The Hall–Kier alpha value is -2.80. The Morgan fingerprint density at radius 2 is 1.80 bits per heavy atom. The highest BCUT2D eigenvalue weighted by atomic mass is 32.2. The lowest BCUT2D eigenvalue weighted by molar-refractivity contribution is 0.0265. The summed E-state index contributed by atoms with van der Waals surface area (Å²) in [5.41, 5.74) is 0.479. The lowest BCUT2D eigenvalue weighted by Gasteiger charge is -2.49. The maximum absolute atomic E-state index is 13.8. The number of sulfonamides is 1. The summed E-state index contributed by atoms with van der Waals surface area (Å²) < 4.78 is 59.9. The molecule has 1 saturated carbocycles. The van der Waals surface area contributed by atoms with Crippen LogP contribution in [0.25, 0.3) is 10.9 Å². The van der Waals surface area contributed by atoms with Gasteiger partial charge < -0.3 is 19.9 Å². The van der Waals surface area contributed by atoms with Crippen LogP contribution in [0.3, 0.4) is 0 Å². The molecule has 0 radical (unpaired) electrons. The number of hydrogen-bond donors (Lipinski definition) is 1. The lowest BCUT2D eigenvalue weighted by atomic mass is 9.78. The Labute approximate surface area is 239 Å². The molecule has 0 atom stereocenters. The van der Waals surface area contributed by atoms with Crippen LogP contribution in [-0.2, 0) is 14.8 Å². The van der Waals surface area contributed by atoms with Gasteiger partial charge in [0.15, 0.2) is 0 Å². The number of aromatic nitrogens is 2. The third-order valence-corrected chi connectivity index (χ3v) is 10.9. The monoisotopic (exact) mass is 592 g/mol. The predicted molar refractivity (Wildman–Crippen MR) is 152 cm³/mol. The Balaban J connectivity index is 1.16. The number of likely N-dealkylation sites (tertiary alicyclic amines) is 1. The molecule has 224 valence electrons. The highest BCUT2D eigenvalue weighted by Gasteiger charge is 2.50. The number of halogens is 2. The fourth-order valence-electron chi connectivity index (χ4n) is 6.21. The molecule has 3 saturated heterocycles. The summed E-state index contributed by atoms with van der Waals surface area (Å²) in [6, 6.07) is 2.97. The van der Waals surface area contributed by atoms with E-state index >= 15 is 0 Å². The van der Waals surface area contributed by atoms with E-state index in [1.807, 2.05) is 20.8 Å². The molecule has 1 aromatic heterocycles. The quantitative estimate of drug-likeness (QED) is 0.527. The van der Waals surface area contributed by atoms with Crippen molar-refractivity contribution in [1.29, 1.82) is 0 Å². The molecule has 0 bridgehead atoms. The van der Waals surface area contributed by atoms with E-state index in [9.17, 15) is 22.0 Å². The molecule has 3 aliphatic heterocycles. The van der Waals surface area contributed by atoms with Crippen LogP contribution in [0.5, 0.6) is 0 Å². The average molecular weight is 593 g/mol. The van der Waals surface area contributed by atoms with Crippen molar-refractivity contribution in [3.8, 4) is 0 Å². The second kappa shape index (κ2) is 10.2. The molecule has 1 amide bonds. The number of hydrogen-bond acceptors (Lipinski definition) is 8. The highest BCUT2D eigenvalue weighted by molar-refractivity contribution is 7.90. The molecule has 6 rings (SSSR count). The van der Waals surface area contributed by atoms with Crippen LogP contribution in [0.15, 0.2) is 18.3 Å². The SMILES string of the molecule is CC(C)(C)OC(=O)N1CCC2(C1)CN(c1cc(C(F)F)cc3cnc(NC4CCN(S(=O)(=O)C5CC5)CC4)nc13)C2. The van der Waals surface area contributed by atoms with Crippen LogP contribution in [0, 0.1) is 5.41 Å². The first-order valence-electron chi connectivity index (χ1n) is 14.4. The van der Waals surface area contributed by atoms with Crippen molar-refractivity contribution in [1.82, 2.24) is 19.2 Å². The van der Waals surface area contributed by atoms with Gasteiger partial charge in [0.2, 0.25) is 16.0 Å². The summed E-state index contributed by atoms with van der Waals surface area (Å²) in [6.45, 7) is 8.90. The number of amides is 1. The summed E-state index contributed by atoms with van der Waals surface area (Å²) in [5, 5.41) is 3.67. The van der Waals surface area contributed by atoms with E-state index in [1.165, 1.54) is 12.1 Å². The summed E-state index contributed by atoms with van der Waals surface area (Å²) in [7, 11) is -3.18. The number of carbonyl (C=O) groups is 1. The van der Waals surface area contributed by atoms with E-state index in [0.29, 0.717) is 74.6 Å². The van der Waals surface area contributed by atoms with Crippen LogP contribution in [0.1, 0.15) is 64.9 Å². The molecule has 0 unspecified atom stereocenters. The molecular weight excluding hydrogens is 554 g/mol. The van der Waals surface area contributed by atoms with Crippen molar-refractivity contribution >= 4 is 38.7 Å². The largest absolute Gasteiger partial charge is 0.444 e. The summed E-state index contributed by atoms with van der Waals surface area (Å²) >= 11 is 0. The zero-order valence-electron chi connectivity index (χ0n) is 23.8. The number of piperidine rings is 1. The number of anilines is 2. The molecule has 1 aromatic carbocycles. The van der Waals surface area contributed by atoms with Crippen molar-refractivity contribution < 1.29 is 26.7 Å². The van der Waals surface area contributed by atoms with Gasteiger partial charge in [-0.25, -0.2) is 36.3 Å². The number of alkyl halides is 2. The zero-order chi connectivity index (χ0) is 29.2. The Bertz CT molecular complexity index is 1430. The second-order valence-electron chi connectivity index (χ2n) is 13.0. The third-order valence-electron chi connectivity index (χ3n) is 8.51. The molecule has 1 N–H and O–H groups in total. The van der Waals surface area contributed by atoms with Gasteiger partial charge in [-0.3, -0.25) is 0 Å². The van der Waals surface area contributed by atoms with Gasteiger partial charge in [-0.1, -0.05) is 0 Å². The number of fused-ring (bicyclic) bond motifs is 1. The van der Waals surface area contributed by atoms with Crippen LogP contribution in [0.4, 0.5) is 25.2 Å². The van der Waals surface area contributed by atoms with Crippen molar-refractivity contribution in [3.05, 3.63) is 23.9 Å². The van der Waals surface area contributed by atoms with E-state index in [0.717, 1.165) is 19.3 Å². The topological polar surface area (TPSA) is 108 Å². The number of nitrogens with one attached hydrogen (secondary N) is 1. The van der Waals surface area contributed by atoms with E-state index in [1.54, 1.807) is 15.4 Å². The first-order valence-corrected chi connectivity index (χ1v) is 15.9. The van der Waals surface area contributed by atoms with E-state index in [2.05, 4.69) is 15.2 Å². The molecule has 1 aliphatic carbocycles. The zero-order valence-corrected chi connectivity index (χ0v) is 24.6. The van der Waals surface area contributed by atoms with Gasteiger partial charge in [-0.05, 0) is 65.0 Å². The molecule has 2 aromatic rings. The van der Waals surface area contributed by atoms with Crippen molar-refractivity contribution in [2.75, 3.05) is 49.5 Å². The van der Waals surface area contributed by atoms with Crippen LogP contribution < -0.4 is 10.2 Å². The van der Waals surface area contributed by atoms with Gasteiger partial charge >= 0.3 is 6.09 Å². The van der Waals surface area contributed by atoms with E-state index in [4.69, 9.17) is 9.72 Å². The van der Waals surface area contributed by atoms with Crippen molar-refractivity contribution in [3.63, 3.8) is 0 Å². The van der Waals surface area contributed by atoms with Gasteiger partial charge in [0.1, 0.15) is 5.60 Å². The fraction of sp³-hybridized carbons (Fsp3) is 0.679. The molecule has 4 fully saturated rings. The Kier molecular flexibility index (Phi) is 7.03. The Morgan fingerprint density at radius 3 is 2.44 bits per heavy atom. The molecule has 10 nitrogen and oxygen atoms in total. The summed E-state index contributed by atoms with van der Waals surface area (Å²) in [6.07, 6.45) is 2.24. The molecule has 1 spiro atoms. The summed E-state index contributed by atoms with van der Waals surface area (Å²) in [5.74, 6) is 0.402. The van der Waals surface area contributed by atoms with E-state index in [-0.39, 0.29) is 28.4 Å². The van der Waals surface area contributed by atoms with Crippen LogP contribution >= 0.6 is 0 Å².